The predicted octanol–water partition coefficient (Wildman–Crippen LogP) is 12.7. The van der Waals surface area contributed by atoms with E-state index in [4.69, 9.17) is 0 Å². The predicted molar refractivity (Wildman–Crippen MR) is 195 cm³/mol. The van der Waals surface area contributed by atoms with Crippen LogP contribution >= 0.6 is 11.3 Å². The van der Waals surface area contributed by atoms with Gasteiger partial charge >= 0.3 is 0 Å². The van der Waals surface area contributed by atoms with E-state index in [0.717, 1.165) is 17.1 Å². The highest BCUT2D eigenvalue weighted by molar-refractivity contribution is 7.25. The molecule has 0 fully saturated rings. The summed E-state index contributed by atoms with van der Waals surface area (Å²) in [6, 6.07) is 55.8. The van der Waals surface area contributed by atoms with Gasteiger partial charge in [0.05, 0.1) is 0 Å². The maximum atomic E-state index is 2.40. The molecule has 0 bridgehead atoms. The van der Waals surface area contributed by atoms with Gasteiger partial charge in [-0.3, -0.25) is 0 Å². The third kappa shape index (κ3) is 4.13. The zero-order valence-electron chi connectivity index (χ0n) is 25.3. The van der Waals surface area contributed by atoms with Crippen LogP contribution in [0.5, 0.6) is 0 Å². The van der Waals surface area contributed by atoms with Crippen molar-refractivity contribution < 1.29 is 0 Å². The van der Waals surface area contributed by atoms with Gasteiger partial charge in [0.25, 0.3) is 0 Å². The number of para-hydroxylation sites is 1. The van der Waals surface area contributed by atoms with E-state index in [9.17, 15) is 0 Å². The van der Waals surface area contributed by atoms with E-state index in [-0.39, 0.29) is 5.41 Å². The number of thiophene rings is 1. The first-order valence-electron chi connectivity index (χ1n) is 15.6. The summed E-state index contributed by atoms with van der Waals surface area (Å²) in [5.41, 5.74) is 11.5. The van der Waals surface area contributed by atoms with Gasteiger partial charge in [0, 0.05) is 42.6 Å². The molecule has 214 valence electrons. The highest BCUT2D eigenvalue weighted by Gasteiger charge is 2.35. The molecule has 9 rings (SSSR count). The van der Waals surface area contributed by atoms with Crippen LogP contribution in [0.4, 0.5) is 17.1 Å². The Bertz CT molecular complexity index is 2400. The van der Waals surface area contributed by atoms with Crippen LogP contribution < -0.4 is 4.90 Å². The molecule has 0 unspecified atom stereocenters. The Labute approximate surface area is 267 Å². The lowest BCUT2D eigenvalue weighted by atomic mass is 9.81. The third-order valence-corrected chi connectivity index (χ3v) is 10.8. The topological polar surface area (TPSA) is 3.24 Å². The highest BCUT2D eigenvalue weighted by Crippen LogP contribution is 2.49. The summed E-state index contributed by atoms with van der Waals surface area (Å²) in [5.74, 6) is 0. The second-order valence-corrected chi connectivity index (χ2v) is 13.7. The number of rotatable bonds is 4. The van der Waals surface area contributed by atoms with Crippen molar-refractivity contribution in [3.8, 4) is 22.3 Å². The van der Waals surface area contributed by atoms with Gasteiger partial charge in [-0.05, 0) is 98.8 Å². The molecular formula is C43H31NS. The third-order valence-electron chi connectivity index (χ3n) is 9.64. The molecular weight excluding hydrogens is 563 g/mol. The highest BCUT2D eigenvalue weighted by atomic mass is 32.1. The minimum atomic E-state index is -0.00997. The Hall–Kier alpha value is -5.18. The van der Waals surface area contributed by atoms with Gasteiger partial charge in [-0.2, -0.15) is 0 Å². The smallest absolute Gasteiger partial charge is 0.0476 e. The summed E-state index contributed by atoms with van der Waals surface area (Å²) in [4.78, 5) is 2.37. The van der Waals surface area contributed by atoms with E-state index in [1.807, 2.05) is 11.3 Å². The van der Waals surface area contributed by atoms with Crippen LogP contribution in [0.3, 0.4) is 0 Å². The fraction of sp³-hybridized carbons (Fsp3) is 0.0698. The molecule has 0 aliphatic heterocycles. The molecule has 8 aromatic rings. The number of fused-ring (bicyclic) bond motifs is 7. The molecule has 0 spiro atoms. The Morgan fingerprint density at radius 3 is 1.89 bits per heavy atom. The van der Waals surface area contributed by atoms with E-state index >= 15 is 0 Å². The lowest BCUT2D eigenvalue weighted by molar-refractivity contribution is 0.660. The average Bonchev–Trinajstić information content (AvgIpc) is 3.55. The molecule has 1 nitrogen and oxygen atoms in total. The van der Waals surface area contributed by atoms with E-state index in [1.165, 1.54) is 64.3 Å². The number of hydrogen-bond acceptors (Lipinski definition) is 2. The van der Waals surface area contributed by atoms with Crippen LogP contribution in [0.15, 0.2) is 152 Å². The summed E-state index contributed by atoms with van der Waals surface area (Å²) in [6.45, 7) is 4.69. The maximum absolute atomic E-state index is 2.40. The molecule has 0 amide bonds. The minimum Gasteiger partial charge on any atom is -0.310 e. The Morgan fingerprint density at radius 1 is 0.444 bits per heavy atom. The van der Waals surface area contributed by atoms with Crippen molar-refractivity contribution in [3.05, 3.63) is 163 Å². The summed E-state index contributed by atoms with van der Waals surface area (Å²) in [6.07, 6.45) is 0. The molecule has 1 aliphatic carbocycles. The zero-order valence-corrected chi connectivity index (χ0v) is 26.1. The first-order valence-corrected chi connectivity index (χ1v) is 16.4. The van der Waals surface area contributed by atoms with E-state index in [1.54, 1.807) is 0 Å². The van der Waals surface area contributed by atoms with E-state index < -0.39 is 0 Å². The summed E-state index contributed by atoms with van der Waals surface area (Å²) in [5, 5.41) is 5.22. The normalized spacial score (nSPS) is 13.3. The van der Waals surface area contributed by atoms with Gasteiger partial charge in [-0.1, -0.05) is 111 Å². The number of nitrogens with zero attached hydrogens (tertiary/aromatic N) is 1. The summed E-state index contributed by atoms with van der Waals surface area (Å²) in [7, 11) is 0. The molecule has 0 saturated heterocycles. The molecule has 2 heteroatoms. The maximum Gasteiger partial charge on any atom is 0.0476 e. The van der Waals surface area contributed by atoms with Crippen LogP contribution in [-0.4, -0.2) is 0 Å². The van der Waals surface area contributed by atoms with Gasteiger partial charge in [0.15, 0.2) is 0 Å². The molecule has 1 heterocycles. The van der Waals surface area contributed by atoms with Crippen LogP contribution in [-0.2, 0) is 5.41 Å². The standard InChI is InChI=1S/C43H31NS/c1-43(2)39-15-9-8-14-35(39)36-22-18-31(25-40(36)43)28-16-19-33(20-17-28)44(32-12-4-3-5-13-32)34-21-23-37-38-24-29-10-6-7-11-30(29)26-41(38)45-42(37)27-34/h3-27H,1-2H3. The van der Waals surface area contributed by atoms with Crippen molar-refractivity contribution in [1.82, 2.24) is 0 Å². The molecule has 0 saturated carbocycles. The fourth-order valence-corrected chi connectivity index (χ4v) is 8.47. The number of anilines is 3. The monoisotopic (exact) mass is 593 g/mol. The van der Waals surface area contributed by atoms with Crippen LogP contribution in [0, 0.1) is 0 Å². The van der Waals surface area contributed by atoms with Crippen molar-refractivity contribution in [1.29, 1.82) is 0 Å². The minimum absolute atomic E-state index is 0.00997. The number of hydrogen-bond donors (Lipinski definition) is 0. The van der Waals surface area contributed by atoms with Gasteiger partial charge in [-0.15, -0.1) is 11.3 Å². The van der Waals surface area contributed by atoms with Crippen molar-refractivity contribution in [3.63, 3.8) is 0 Å². The van der Waals surface area contributed by atoms with Crippen LogP contribution in [0.1, 0.15) is 25.0 Å². The van der Waals surface area contributed by atoms with Gasteiger partial charge in [-0.25, -0.2) is 0 Å². The molecule has 0 N–H and O–H groups in total. The first kappa shape index (κ1) is 26.2. The largest absolute Gasteiger partial charge is 0.310 e. The van der Waals surface area contributed by atoms with Crippen molar-refractivity contribution in [2.24, 2.45) is 0 Å². The molecule has 0 atom stereocenters. The Morgan fingerprint density at radius 2 is 1.07 bits per heavy atom. The second-order valence-electron chi connectivity index (χ2n) is 12.6. The first-order chi connectivity index (χ1) is 22.0. The van der Waals surface area contributed by atoms with Crippen molar-refractivity contribution in [2.75, 3.05) is 4.90 Å². The molecule has 0 radical (unpaired) electrons. The molecule has 7 aromatic carbocycles. The fourth-order valence-electron chi connectivity index (χ4n) is 7.30. The Balaban J connectivity index is 1.12. The van der Waals surface area contributed by atoms with Crippen molar-refractivity contribution >= 4 is 59.3 Å². The number of benzene rings is 7. The van der Waals surface area contributed by atoms with Gasteiger partial charge in [0.2, 0.25) is 0 Å². The SMILES string of the molecule is CC1(C)c2ccccc2-c2ccc(-c3ccc(N(c4ccccc4)c4ccc5c(c4)sc4cc6ccccc6cc45)cc3)cc21. The lowest BCUT2D eigenvalue weighted by Crippen LogP contribution is -2.14. The van der Waals surface area contributed by atoms with Gasteiger partial charge < -0.3 is 4.90 Å². The molecule has 45 heavy (non-hydrogen) atoms. The van der Waals surface area contributed by atoms with Crippen molar-refractivity contribution in [2.45, 2.75) is 19.3 Å². The second kappa shape index (κ2) is 9.92. The van der Waals surface area contributed by atoms with Crippen LogP contribution in [0.25, 0.3) is 53.2 Å². The van der Waals surface area contributed by atoms with Crippen LogP contribution in [0.2, 0.25) is 0 Å². The molecule has 1 aliphatic rings. The quantitative estimate of drug-likeness (QED) is 0.196. The Kier molecular flexibility index (Phi) is 5.78. The summed E-state index contributed by atoms with van der Waals surface area (Å²) < 4.78 is 2.63. The summed E-state index contributed by atoms with van der Waals surface area (Å²) >= 11 is 1.88. The van der Waals surface area contributed by atoms with E-state index in [2.05, 4.69) is 170 Å². The van der Waals surface area contributed by atoms with E-state index in [0.29, 0.717) is 0 Å². The van der Waals surface area contributed by atoms with Gasteiger partial charge in [0.1, 0.15) is 0 Å². The molecule has 1 aromatic heterocycles. The lowest BCUT2D eigenvalue weighted by Gasteiger charge is -2.26. The zero-order chi connectivity index (χ0) is 30.1. The average molecular weight is 594 g/mol.